The maximum Gasteiger partial charge on any atom is 0.182 e. The van der Waals surface area contributed by atoms with Crippen molar-refractivity contribution in [2.45, 2.75) is 45.1 Å². The molecule has 2 rings (SSSR count). The Bertz CT molecular complexity index is 308. The van der Waals surface area contributed by atoms with Gasteiger partial charge in [-0.15, -0.1) is 11.3 Å². The lowest BCUT2D eigenvalue weighted by atomic mass is 10.1. The van der Waals surface area contributed by atoms with Gasteiger partial charge in [-0.25, -0.2) is 4.98 Å². The SMILES string of the molecule is CCc1csc(NCCC2CCCCO2)n1. The lowest BCUT2D eigenvalue weighted by molar-refractivity contribution is 0.0134. The number of hydrogen-bond acceptors (Lipinski definition) is 4. The quantitative estimate of drug-likeness (QED) is 0.859. The van der Waals surface area contributed by atoms with Crippen LogP contribution in [0.1, 0.15) is 38.3 Å². The summed E-state index contributed by atoms with van der Waals surface area (Å²) >= 11 is 1.70. The highest BCUT2D eigenvalue weighted by molar-refractivity contribution is 7.13. The van der Waals surface area contributed by atoms with E-state index in [1.54, 1.807) is 11.3 Å². The first-order valence-corrected chi connectivity index (χ1v) is 7.06. The van der Waals surface area contributed by atoms with Crippen molar-refractivity contribution in [3.63, 3.8) is 0 Å². The third-order valence-corrected chi connectivity index (χ3v) is 3.78. The molecule has 4 heteroatoms. The third-order valence-electron chi connectivity index (χ3n) is 2.93. The largest absolute Gasteiger partial charge is 0.378 e. The first-order valence-electron chi connectivity index (χ1n) is 6.18. The summed E-state index contributed by atoms with van der Waals surface area (Å²) in [6.45, 7) is 4.05. The van der Waals surface area contributed by atoms with Crippen molar-refractivity contribution in [2.75, 3.05) is 18.5 Å². The summed E-state index contributed by atoms with van der Waals surface area (Å²) in [5.41, 5.74) is 1.18. The molecule has 1 N–H and O–H groups in total. The van der Waals surface area contributed by atoms with E-state index in [1.807, 2.05) is 0 Å². The number of nitrogens with zero attached hydrogens (tertiary/aromatic N) is 1. The van der Waals surface area contributed by atoms with Crippen molar-refractivity contribution in [1.29, 1.82) is 0 Å². The average molecular weight is 240 g/mol. The number of aryl methyl sites for hydroxylation is 1. The van der Waals surface area contributed by atoms with E-state index in [1.165, 1.54) is 25.0 Å². The zero-order valence-electron chi connectivity index (χ0n) is 9.87. The Morgan fingerprint density at radius 2 is 2.50 bits per heavy atom. The van der Waals surface area contributed by atoms with Crippen LogP contribution in [0.5, 0.6) is 0 Å². The molecule has 0 radical (unpaired) electrons. The number of aromatic nitrogens is 1. The van der Waals surface area contributed by atoms with Gasteiger partial charge in [0, 0.05) is 18.5 Å². The van der Waals surface area contributed by atoms with Crippen molar-refractivity contribution in [1.82, 2.24) is 4.98 Å². The van der Waals surface area contributed by atoms with Gasteiger partial charge in [0.2, 0.25) is 0 Å². The normalized spacial score (nSPS) is 20.9. The van der Waals surface area contributed by atoms with Crippen LogP contribution in [0.15, 0.2) is 5.38 Å². The van der Waals surface area contributed by atoms with Gasteiger partial charge in [-0.1, -0.05) is 6.92 Å². The minimum Gasteiger partial charge on any atom is -0.378 e. The molecule has 2 heterocycles. The molecule has 1 aromatic rings. The van der Waals surface area contributed by atoms with E-state index in [2.05, 4.69) is 22.6 Å². The standard InChI is InChI=1S/C12H20N2OS/c1-2-10-9-16-12(14-10)13-7-6-11-5-3-4-8-15-11/h9,11H,2-8H2,1H3,(H,13,14). The smallest absolute Gasteiger partial charge is 0.182 e. The maximum absolute atomic E-state index is 5.69. The van der Waals surface area contributed by atoms with E-state index >= 15 is 0 Å². The van der Waals surface area contributed by atoms with E-state index in [4.69, 9.17) is 4.74 Å². The average Bonchev–Trinajstić information content (AvgIpc) is 2.78. The second-order valence-corrected chi connectivity index (χ2v) is 5.06. The van der Waals surface area contributed by atoms with Gasteiger partial charge in [0.05, 0.1) is 11.8 Å². The molecule has 0 amide bonds. The Morgan fingerprint density at radius 3 is 3.19 bits per heavy atom. The fraction of sp³-hybridized carbons (Fsp3) is 0.750. The Labute approximate surface area is 101 Å². The van der Waals surface area contributed by atoms with Gasteiger partial charge in [-0.3, -0.25) is 0 Å². The highest BCUT2D eigenvalue weighted by Crippen LogP contribution is 2.18. The van der Waals surface area contributed by atoms with Crippen LogP contribution in [-0.2, 0) is 11.2 Å². The first-order chi connectivity index (χ1) is 7.88. The van der Waals surface area contributed by atoms with E-state index in [9.17, 15) is 0 Å². The van der Waals surface area contributed by atoms with Crippen LogP contribution in [0.2, 0.25) is 0 Å². The van der Waals surface area contributed by atoms with Gasteiger partial charge in [0.25, 0.3) is 0 Å². The third kappa shape index (κ3) is 3.46. The van der Waals surface area contributed by atoms with Gasteiger partial charge in [0.15, 0.2) is 5.13 Å². The molecule has 16 heavy (non-hydrogen) atoms. The lowest BCUT2D eigenvalue weighted by Gasteiger charge is -2.22. The van der Waals surface area contributed by atoms with Crippen molar-refractivity contribution >= 4 is 16.5 Å². The highest BCUT2D eigenvalue weighted by Gasteiger charge is 2.13. The van der Waals surface area contributed by atoms with Crippen LogP contribution >= 0.6 is 11.3 Å². The van der Waals surface area contributed by atoms with E-state index in [-0.39, 0.29) is 0 Å². The predicted molar refractivity (Wildman–Crippen MR) is 68.2 cm³/mol. The summed E-state index contributed by atoms with van der Waals surface area (Å²) in [5, 5.41) is 6.55. The summed E-state index contributed by atoms with van der Waals surface area (Å²) in [6.07, 6.45) is 6.36. The zero-order valence-corrected chi connectivity index (χ0v) is 10.7. The molecule has 90 valence electrons. The molecule has 0 spiro atoms. The summed E-state index contributed by atoms with van der Waals surface area (Å²) < 4.78 is 5.69. The summed E-state index contributed by atoms with van der Waals surface area (Å²) in [7, 11) is 0. The van der Waals surface area contributed by atoms with Crippen LogP contribution < -0.4 is 5.32 Å². The van der Waals surface area contributed by atoms with E-state index in [0.717, 1.165) is 31.1 Å². The molecular weight excluding hydrogens is 220 g/mol. The van der Waals surface area contributed by atoms with Crippen LogP contribution in [0, 0.1) is 0 Å². The molecule has 0 aromatic carbocycles. The molecule has 1 aliphatic heterocycles. The zero-order chi connectivity index (χ0) is 11.2. The van der Waals surface area contributed by atoms with Gasteiger partial charge < -0.3 is 10.1 Å². The Balaban J connectivity index is 1.66. The fourth-order valence-corrected chi connectivity index (χ4v) is 2.75. The van der Waals surface area contributed by atoms with E-state index < -0.39 is 0 Å². The van der Waals surface area contributed by atoms with Crippen LogP contribution in [0.4, 0.5) is 5.13 Å². The number of anilines is 1. The maximum atomic E-state index is 5.69. The van der Waals surface area contributed by atoms with Crippen molar-refractivity contribution in [3.8, 4) is 0 Å². The monoisotopic (exact) mass is 240 g/mol. The predicted octanol–water partition coefficient (Wildman–Crippen LogP) is 3.08. The fourth-order valence-electron chi connectivity index (χ4n) is 1.93. The molecule has 3 nitrogen and oxygen atoms in total. The molecular formula is C12H20N2OS. The molecule has 1 atom stereocenters. The minimum absolute atomic E-state index is 0.465. The topological polar surface area (TPSA) is 34.1 Å². The first kappa shape index (κ1) is 11.9. The number of ether oxygens (including phenoxy) is 1. The Morgan fingerprint density at radius 1 is 1.56 bits per heavy atom. The Hall–Kier alpha value is -0.610. The second kappa shape index (κ2) is 6.21. The highest BCUT2D eigenvalue weighted by atomic mass is 32.1. The summed E-state index contributed by atoms with van der Waals surface area (Å²) in [5.74, 6) is 0. The van der Waals surface area contributed by atoms with Gasteiger partial charge in [0.1, 0.15) is 0 Å². The number of thiazole rings is 1. The summed E-state index contributed by atoms with van der Waals surface area (Å²) in [6, 6.07) is 0. The molecule has 1 unspecified atom stereocenters. The molecule has 1 aromatic heterocycles. The molecule has 1 saturated heterocycles. The van der Waals surface area contributed by atoms with Crippen molar-refractivity contribution in [2.24, 2.45) is 0 Å². The van der Waals surface area contributed by atoms with Crippen LogP contribution in [0.3, 0.4) is 0 Å². The molecule has 1 aliphatic rings. The minimum atomic E-state index is 0.465. The van der Waals surface area contributed by atoms with Crippen molar-refractivity contribution in [3.05, 3.63) is 11.1 Å². The molecule has 0 aliphatic carbocycles. The van der Waals surface area contributed by atoms with E-state index in [0.29, 0.717) is 6.10 Å². The molecule has 0 saturated carbocycles. The molecule has 1 fully saturated rings. The lowest BCUT2D eigenvalue weighted by Crippen LogP contribution is -2.21. The van der Waals surface area contributed by atoms with Crippen LogP contribution in [-0.4, -0.2) is 24.2 Å². The van der Waals surface area contributed by atoms with Crippen molar-refractivity contribution < 1.29 is 4.74 Å². The molecule has 0 bridgehead atoms. The number of hydrogen-bond donors (Lipinski definition) is 1. The van der Waals surface area contributed by atoms with Crippen LogP contribution in [0.25, 0.3) is 0 Å². The Kier molecular flexibility index (Phi) is 4.60. The van der Waals surface area contributed by atoms with Gasteiger partial charge in [-0.05, 0) is 32.1 Å². The number of nitrogens with one attached hydrogen (secondary N) is 1. The second-order valence-electron chi connectivity index (χ2n) is 4.20. The summed E-state index contributed by atoms with van der Waals surface area (Å²) in [4.78, 5) is 4.48. The van der Waals surface area contributed by atoms with Gasteiger partial charge >= 0.3 is 0 Å². The number of rotatable bonds is 5. The van der Waals surface area contributed by atoms with Gasteiger partial charge in [-0.2, -0.15) is 0 Å².